The van der Waals surface area contributed by atoms with Crippen LogP contribution in [-0.2, 0) is 16.0 Å². The maximum Gasteiger partial charge on any atom is 0.307 e. The van der Waals surface area contributed by atoms with Gasteiger partial charge in [-0.1, -0.05) is 18.2 Å². The first-order valence-corrected chi connectivity index (χ1v) is 5.14. The van der Waals surface area contributed by atoms with Crippen LogP contribution in [0.2, 0.25) is 0 Å². The highest BCUT2D eigenvalue weighted by Gasteiger charge is 2.10. The Morgan fingerprint density at radius 1 is 1.47 bits per heavy atom. The lowest BCUT2D eigenvalue weighted by Gasteiger charge is -2.12. The molecule has 0 radical (unpaired) electrons. The van der Waals surface area contributed by atoms with Crippen molar-refractivity contribution in [2.24, 2.45) is 0 Å². The molecule has 90 valence electrons. The molecule has 0 saturated carbocycles. The summed E-state index contributed by atoms with van der Waals surface area (Å²) in [6, 6.07) is 5.30. The molecule has 0 heterocycles. The second-order valence-corrected chi connectivity index (χ2v) is 3.65. The molecule has 0 aromatic heterocycles. The third-order valence-electron chi connectivity index (χ3n) is 2.20. The van der Waals surface area contributed by atoms with Crippen LogP contribution in [0.3, 0.4) is 0 Å². The van der Waals surface area contributed by atoms with Crippen molar-refractivity contribution >= 4 is 12.3 Å². The van der Waals surface area contributed by atoms with Crippen LogP contribution < -0.4 is 4.74 Å². The summed E-state index contributed by atoms with van der Waals surface area (Å²) in [4.78, 5) is 21.0. The molecule has 17 heavy (non-hydrogen) atoms. The quantitative estimate of drug-likeness (QED) is 0.481. The Balaban J connectivity index is 3.07. The zero-order chi connectivity index (χ0) is 12.8. The topological polar surface area (TPSA) is 63.6 Å². The molecule has 4 heteroatoms. The smallest absolute Gasteiger partial charge is 0.307 e. The summed E-state index contributed by atoms with van der Waals surface area (Å²) in [5, 5.41) is 8.79. The highest BCUT2D eigenvalue weighted by Crippen LogP contribution is 2.25. The van der Waals surface area contributed by atoms with Gasteiger partial charge in [0.05, 0.1) is 6.42 Å². The maximum atomic E-state index is 10.7. The number of aliphatic carboxylic acids is 1. The monoisotopic (exact) mass is 234 g/mol. The molecule has 0 amide bonds. The third-order valence-corrected chi connectivity index (χ3v) is 2.20. The van der Waals surface area contributed by atoms with E-state index < -0.39 is 5.97 Å². The van der Waals surface area contributed by atoms with E-state index in [1.54, 1.807) is 19.1 Å². The van der Waals surface area contributed by atoms with Crippen LogP contribution in [0.25, 0.3) is 0 Å². The Morgan fingerprint density at radius 3 is 2.76 bits per heavy atom. The van der Waals surface area contributed by atoms with E-state index in [1.165, 1.54) is 6.08 Å². The summed E-state index contributed by atoms with van der Waals surface area (Å²) in [6.07, 6.45) is 1.81. The Morgan fingerprint density at radius 2 is 2.18 bits per heavy atom. The van der Waals surface area contributed by atoms with Crippen LogP contribution in [0, 0.1) is 6.92 Å². The van der Waals surface area contributed by atoms with Gasteiger partial charge in [-0.15, -0.1) is 0 Å². The summed E-state index contributed by atoms with van der Waals surface area (Å²) in [5.74, 6) is 0.0175. The van der Waals surface area contributed by atoms with Crippen LogP contribution in [0.15, 0.2) is 30.0 Å². The van der Waals surface area contributed by atoms with Gasteiger partial charge in [0, 0.05) is 11.6 Å². The molecule has 0 spiro atoms. The van der Waals surface area contributed by atoms with E-state index >= 15 is 0 Å². The van der Waals surface area contributed by atoms with Gasteiger partial charge in [-0.3, -0.25) is 9.59 Å². The van der Waals surface area contributed by atoms with Crippen LogP contribution in [0.4, 0.5) is 0 Å². The van der Waals surface area contributed by atoms with Crippen LogP contribution >= 0.6 is 0 Å². The van der Waals surface area contributed by atoms with Crippen molar-refractivity contribution in [1.29, 1.82) is 0 Å². The molecule has 0 aliphatic heterocycles. The zero-order valence-corrected chi connectivity index (χ0v) is 9.77. The number of carboxylic acid groups (broad SMARTS) is 1. The Labute approximate surface area is 99.5 Å². The third kappa shape index (κ3) is 3.75. The predicted molar refractivity (Wildman–Crippen MR) is 63.0 cm³/mol. The number of carboxylic acids is 1. The van der Waals surface area contributed by atoms with Gasteiger partial charge in [0.25, 0.3) is 0 Å². The molecular formula is C13H14O4. The van der Waals surface area contributed by atoms with Gasteiger partial charge >= 0.3 is 5.97 Å². The number of hydrogen-bond donors (Lipinski definition) is 1. The fourth-order valence-electron chi connectivity index (χ4n) is 1.45. The molecule has 1 aromatic rings. The largest absolute Gasteiger partial charge is 0.481 e. The average Bonchev–Trinajstić information content (AvgIpc) is 2.23. The average molecular weight is 234 g/mol. The lowest BCUT2D eigenvalue weighted by atomic mass is 10.1. The first-order valence-electron chi connectivity index (χ1n) is 5.14. The van der Waals surface area contributed by atoms with E-state index in [1.807, 2.05) is 13.0 Å². The van der Waals surface area contributed by atoms with Crippen molar-refractivity contribution < 1.29 is 19.4 Å². The predicted octanol–water partition coefficient (Wildman–Crippen LogP) is 2.10. The number of ether oxygens (including phenoxy) is 1. The minimum atomic E-state index is -0.919. The van der Waals surface area contributed by atoms with E-state index in [-0.39, 0.29) is 6.42 Å². The standard InChI is InChI=1S/C13H14O4/c1-9-4-3-5-11(8-12(15)16)13(9)17-10(2)6-7-14/h3-7H,8H2,1-2H3,(H,15,16). The number of allylic oxidation sites excluding steroid dienone is 2. The second-order valence-electron chi connectivity index (χ2n) is 3.65. The van der Waals surface area contributed by atoms with Crippen LogP contribution in [0.5, 0.6) is 5.75 Å². The molecule has 0 saturated heterocycles. The Hall–Kier alpha value is -2.10. The van der Waals surface area contributed by atoms with Crippen LogP contribution in [-0.4, -0.2) is 17.4 Å². The van der Waals surface area contributed by atoms with Crippen molar-refractivity contribution in [3.63, 3.8) is 0 Å². The minimum absolute atomic E-state index is 0.106. The van der Waals surface area contributed by atoms with Crippen molar-refractivity contribution in [3.8, 4) is 5.75 Å². The SMILES string of the molecule is CC(=CC=O)Oc1c(C)cccc1CC(=O)O. The molecule has 1 N–H and O–H groups in total. The molecule has 0 fully saturated rings. The summed E-state index contributed by atoms with van der Waals surface area (Å²) in [6.45, 7) is 3.47. The summed E-state index contributed by atoms with van der Waals surface area (Å²) in [7, 11) is 0. The number of para-hydroxylation sites is 1. The lowest BCUT2D eigenvalue weighted by molar-refractivity contribution is -0.136. The number of aldehydes is 1. The minimum Gasteiger partial charge on any atom is -0.481 e. The summed E-state index contributed by atoms with van der Waals surface area (Å²) < 4.78 is 5.48. The van der Waals surface area contributed by atoms with Gasteiger partial charge in [-0.2, -0.15) is 0 Å². The second kappa shape index (κ2) is 5.84. The van der Waals surface area contributed by atoms with Gasteiger partial charge in [0.15, 0.2) is 0 Å². The highest BCUT2D eigenvalue weighted by atomic mass is 16.5. The maximum absolute atomic E-state index is 10.7. The number of rotatable bonds is 5. The number of hydrogen-bond acceptors (Lipinski definition) is 3. The van der Waals surface area contributed by atoms with E-state index in [2.05, 4.69) is 0 Å². The van der Waals surface area contributed by atoms with E-state index in [9.17, 15) is 9.59 Å². The Kier molecular flexibility index (Phi) is 4.46. The zero-order valence-electron chi connectivity index (χ0n) is 9.77. The number of aryl methyl sites for hydroxylation is 1. The number of benzene rings is 1. The van der Waals surface area contributed by atoms with Gasteiger partial charge in [-0.05, 0) is 19.4 Å². The molecule has 1 rings (SSSR count). The van der Waals surface area contributed by atoms with E-state index in [0.29, 0.717) is 23.4 Å². The number of carbonyl (C=O) groups is 2. The molecule has 4 nitrogen and oxygen atoms in total. The molecule has 1 aromatic carbocycles. The lowest BCUT2D eigenvalue weighted by Crippen LogP contribution is -2.04. The Bertz CT molecular complexity index is 460. The number of carbonyl (C=O) groups excluding carboxylic acids is 1. The molecule has 0 aliphatic rings. The van der Waals surface area contributed by atoms with Crippen molar-refractivity contribution in [1.82, 2.24) is 0 Å². The molecule has 0 aliphatic carbocycles. The summed E-state index contributed by atoms with van der Waals surface area (Å²) >= 11 is 0. The molecule has 0 atom stereocenters. The van der Waals surface area contributed by atoms with Crippen molar-refractivity contribution in [3.05, 3.63) is 41.2 Å². The fourth-order valence-corrected chi connectivity index (χ4v) is 1.45. The first-order chi connectivity index (χ1) is 8.04. The van der Waals surface area contributed by atoms with Gasteiger partial charge in [0.2, 0.25) is 0 Å². The molecular weight excluding hydrogens is 220 g/mol. The van der Waals surface area contributed by atoms with E-state index in [4.69, 9.17) is 9.84 Å². The summed E-state index contributed by atoms with van der Waals surface area (Å²) in [5.41, 5.74) is 1.43. The fraction of sp³-hybridized carbons (Fsp3) is 0.231. The van der Waals surface area contributed by atoms with Gasteiger partial charge in [0.1, 0.15) is 17.8 Å². The van der Waals surface area contributed by atoms with E-state index in [0.717, 1.165) is 5.56 Å². The molecule has 0 unspecified atom stereocenters. The van der Waals surface area contributed by atoms with Gasteiger partial charge < -0.3 is 9.84 Å². The van der Waals surface area contributed by atoms with Crippen molar-refractivity contribution in [2.45, 2.75) is 20.3 Å². The first kappa shape index (κ1) is 13.0. The normalized spacial score (nSPS) is 11.1. The van der Waals surface area contributed by atoms with Gasteiger partial charge in [-0.25, -0.2) is 0 Å². The highest BCUT2D eigenvalue weighted by molar-refractivity contribution is 5.72. The molecule has 0 bridgehead atoms. The van der Waals surface area contributed by atoms with Crippen molar-refractivity contribution in [2.75, 3.05) is 0 Å². The van der Waals surface area contributed by atoms with Crippen LogP contribution in [0.1, 0.15) is 18.1 Å².